The van der Waals surface area contributed by atoms with E-state index < -0.39 is 21.5 Å². The largest absolute Gasteiger partial charge is 0.313 e. The van der Waals surface area contributed by atoms with Crippen molar-refractivity contribution >= 4 is 9.84 Å². The van der Waals surface area contributed by atoms with Gasteiger partial charge in [-0.1, -0.05) is 0 Å². The van der Waals surface area contributed by atoms with Gasteiger partial charge < -0.3 is 5.32 Å². The zero-order valence-corrected chi connectivity index (χ0v) is 9.93. The smallest absolute Gasteiger partial charge is 0.179 e. The van der Waals surface area contributed by atoms with E-state index in [1.807, 2.05) is 0 Å². The van der Waals surface area contributed by atoms with Gasteiger partial charge in [-0.15, -0.1) is 0 Å². The van der Waals surface area contributed by atoms with E-state index in [4.69, 9.17) is 0 Å². The molecule has 1 N–H and O–H groups in total. The van der Waals surface area contributed by atoms with E-state index in [0.717, 1.165) is 31.0 Å². The van der Waals surface area contributed by atoms with Crippen molar-refractivity contribution in [2.24, 2.45) is 0 Å². The summed E-state index contributed by atoms with van der Waals surface area (Å²) in [6.45, 7) is 0.339. The lowest BCUT2D eigenvalue weighted by molar-refractivity contribution is 0.504. The molecule has 1 aliphatic carbocycles. The maximum Gasteiger partial charge on any atom is 0.179 e. The molecular weight excluding hydrogens is 248 g/mol. The van der Waals surface area contributed by atoms with Crippen LogP contribution in [0.3, 0.4) is 0 Å². The van der Waals surface area contributed by atoms with Crippen molar-refractivity contribution in [2.45, 2.75) is 23.8 Å². The standard InChI is InChI=1S/C11H13F2NO2S/c12-10-4-3-9(7-11(10)13)17(15,16)6-5-14-8-1-2-8/h3-4,7-8,14H,1-2,5-6H2. The Bertz CT molecular complexity index is 512. The van der Waals surface area contributed by atoms with Crippen LogP contribution in [0.4, 0.5) is 8.78 Å². The third-order valence-electron chi connectivity index (χ3n) is 2.63. The summed E-state index contributed by atoms with van der Waals surface area (Å²) in [7, 11) is -3.54. The van der Waals surface area contributed by atoms with Crippen LogP contribution in [0.2, 0.25) is 0 Å². The number of hydrogen-bond acceptors (Lipinski definition) is 3. The average Bonchev–Trinajstić information content (AvgIpc) is 3.05. The Morgan fingerprint density at radius 3 is 2.53 bits per heavy atom. The van der Waals surface area contributed by atoms with Gasteiger partial charge in [-0.25, -0.2) is 17.2 Å². The quantitative estimate of drug-likeness (QED) is 0.817. The maximum atomic E-state index is 12.9. The molecule has 1 aromatic rings. The molecule has 0 saturated heterocycles. The summed E-state index contributed by atoms with van der Waals surface area (Å²) in [6.07, 6.45) is 2.15. The van der Waals surface area contributed by atoms with Crippen LogP contribution >= 0.6 is 0 Å². The number of halogens is 2. The first-order valence-corrected chi connectivity index (χ1v) is 7.05. The molecule has 0 atom stereocenters. The van der Waals surface area contributed by atoms with Crippen LogP contribution in [0.25, 0.3) is 0 Å². The predicted octanol–water partition coefficient (Wildman–Crippen LogP) is 1.49. The topological polar surface area (TPSA) is 46.2 Å². The van der Waals surface area contributed by atoms with Crippen LogP contribution in [-0.4, -0.2) is 26.8 Å². The number of hydrogen-bond donors (Lipinski definition) is 1. The summed E-state index contributed by atoms with van der Waals surface area (Å²) in [5.41, 5.74) is 0. The average molecular weight is 261 g/mol. The zero-order valence-electron chi connectivity index (χ0n) is 9.12. The molecule has 1 aliphatic rings. The molecule has 1 aromatic carbocycles. The van der Waals surface area contributed by atoms with E-state index in [1.54, 1.807) is 0 Å². The van der Waals surface area contributed by atoms with E-state index in [0.29, 0.717) is 12.6 Å². The van der Waals surface area contributed by atoms with E-state index in [-0.39, 0.29) is 10.6 Å². The van der Waals surface area contributed by atoms with Gasteiger partial charge in [0.2, 0.25) is 0 Å². The molecule has 6 heteroatoms. The van der Waals surface area contributed by atoms with Gasteiger partial charge in [-0.2, -0.15) is 0 Å². The van der Waals surface area contributed by atoms with Gasteiger partial charge >= 0.3 is 0 Å². The highest BCUT2D eigenvalue weighted by Gasteiger charge is 2.22. The summed E-state index contributed by atoms with van der Waals surface area (Å²) in [4.78, 5) is -0.172. The fraction of sp³-hybridized carbons (Fsp3) is 0.455. The van der Waals surface area contributed by atoms with Gasteiger partial charge in [-0.3, -0.25) is 0 Å². The fourth-order valence-electron chi connectivity index (χ4n) is 1.47. The van der Waals surface area contributed by atoms with E-state index >= 15 is 0 Å². The molecule has 0 heterocycles. The van der Waals surface area contributed by atoms with Crippen LogP contribution in [0.1, 0.15) is 12.8 Å². The first-order valence-electron chi connectivity index (χ1n) is 5.40. The first-order chi connectivity index (χ1) is 7.99. The number of nitrogens with one attached hydrogen (secondary N) is 1. The second-order valence-electron chi connectivity index (χ2n) is 4.12. The Labute approximate surface area is 98.8 Å². The van der Waals surface area contributed by atoms with Crippen molar-refractivity contribution in [3.63, 3.8) is 0 Å². The molecule has 94 valence electrons. The minimum Gasteiger partial charge on any atom is -0.313 e. The molecule has 0 amide bonds. The van der Waals surface area contributed by atoms with Gasteiger partial charge in [0.05, 0.1) is 10.6 Å². The molecule has 1 saturated carbocycles. The van der Waals surface area contributed by atoms with Crippen molar-refractivity contribution in [1.29, 1.82) is 0 Å². The van der Waals surface area contributed by atoms with E-state index in [9.17, 15) is 17.2 Å². The number of benzene rings is 1. The molecule has 0 bridgehead atoms. The molecule has 0 radical (unpaired) electrons. The summed E-state index contributed by atoms with van der Waals surface area (Å²) < 4.78 is 49.1. The third kappa shape index (κ3) is 3.23. The summed E-state index contributed by atoms with van der Waals surface area (Å²) in [5.74, 6) is -2.28. The predicted molar refractivity (Wildman–Crippen MR) is 59.4 cm³/mol. The highest BCUT2D eigenvalue weighted by atomic mass is 32.2. The fourth-order valence-corrected chi connectivity index (χ4v) is 2.65. The van der Waals surface area contributed by atoms with Gasteiger partial charge in [-0.05, 0) is 31.0 Å². The Kier molecular flexibility index (Phi) is 3.44. The van der Waals surface area contributed by atoms with Gasteiger partial charge in [0.1, 0.15) is 0 Å². The molecule has 1 fully saturated rings. The van der Waals surface area contributed by atoms with Crippen LogP contribution in [0, 0.1) is 11.6 Å². The normalized spacial score (nSPS) is 16.1. The number of rotatable bonds is 5. The van der Waals surface area contributed by atoms with Gasteiger partial charge in [0.25, 0.3) is 0 Å². The summed E-state index contributed by atoms with van der Waals surface area (Å²) >= 11 is 0. The summed E-state index contributed by atoms with van der Waals surface area (Å²) in [6, 6.07) is 3.07. The second-order valence-corrected chi connectivity index (χ2v) is 6.23. The second kappa shape index (κ2) is 4.70. The van der Waals surface area contributed by atoms with Crippen molar-refractivity contribution in [3.8, 4) is 0 Å². The van der Waals surface area contributed by atoms with E-state index in [1.165, 1.54) is 0 Å². The first kappa shape index (κ1) is 12.4. The van der Waals surface area contributed by atoms with Crippen molar-refractivity contribution < 1.29 is 17.2 Å². The molecule has 2 rings (SSSR count). The molecular formula is C11H13F2NO2S. The lowest BCUT2D eigenvalue weighted by atomic mass is 10.3. The Hall–Kier alpha value is -1.01. The van der Waals surface area contributed by atoms with Crippen molar-refractivity contribution in [1.82, 2.24) is 5.32 Å². The minimum absolute atomic E-state index is 0.103. The number of sulfone groups is 1. The van der Waals surface area contributed by atoms with Gasteiger partial charge in [0, 0.05) is 12.6 Å². The van der Waals surface area contributed by atoms with Crippen molar-refractivity contribution in [3.05, 3.63) is 29.8 Å². The molecule has 17 heavy (non-hydrogen) atoms. The molecule has 0 aliphatic heterocycles. The Morgan fingerprint density at radius 1 is 1.24 bits per heavy atom. The highest BCUT2D eigenvalue weighted by molar-refractivity contribution is 7.91. The molecule has 3 nitrogen and oxygen atoms in total. The SMILES string of the molecule is O=S(=O)(CCNC1CC1)c1ccc(F)c(F)c1. The van der Waals surface area contributed by atoms with Crippen LogP contribution in [0.5, 0.6) is 0 Å². The minimum atomic E-state index is -3.54. The van der Waals surface area contributed by atoms with Crippen LogP contribution in [0.15, 0.2) is 23.1 Å². The lowest BCUT2D eigenvalue weighted by Gasteiger charge is -2.05. The summed E-state index contributed by atoms with van der Waals surface area (Å²) in [5, 5.41) is 3.06. The Morgan fingerprint density at radius 2 is 1.94 bits per heavy atom. The van der Waals surface area contributed by atoms with Crippen molar-refractivity contribution in [2.75, 3.05) is 12.3 Å². The van der Waals surface area contributed by atoms with Crippen LogP contribution < -0.4 is 5.32 Å². The van der Waals surface area contributed by atoms with Crippen LogP contribution in [-0.2, 0) is 9.84 Å². The highest BCUT2D eigenvalue weighted by Crippen LogP contribution is 2.19. The monoisotopic (exact) mass is 261 g/mol. The maximum absolute atomic E-state index is 12.9. The molecule has 0 spiro atoms. The van der Waals surface area contributed by atoms with Gasteiger partial charge in [0.15, 0.2) is 21.5 Å². The zero-order chi connectivity index (χ0) is 12.5. The molecule has 0 aromatic heterocycles. The lowest BCUT2D eigenvalue weighted by Crippen LogP contribution is -2.24. The Balaban J connectivity index is 2.04. The molecule has 0 unspecified atom stereocenters. The van der Waals surface area contributed by atoms with E-state index in [2.05, 4.69) is 5.32 Å². The third-order valence-corrected chi connectivity index (χ3v) is 4.35.